The molecular weight excluding hydrogens is 282 g/mol. The maximum atomic E-state index is 12.8. The van der Waals surface area contributed by atoms with Gasteiger partial charge in [-0.25, -0.2) is 0 Å². The number of likely N-dealkylation sites (tertiary alicyclic amines) is 1. The van der Waals surface area contributed by atoms with Crippen molar-refractivity contribution in [3.63, 3.8) is 0 Å². The molecule has 4 rings (SSSR count). The summed E-state index contributed by atoms with van der Waals surface area (Å²) < 4.78 is 3.83. The van der Waals surface area contributed by atoms with E-state index in [9.17, 15) is 4.79 Å². The number of rotatable bonds is 2. The minimum absolute atomic E-state index is 0.0331. The molecule has 108 valence electrons. The van der Waals surface area contributed by atoms with Crippen molar-refractivity contribution in [2.75, 3.05) is 6.54 Å². The van der Waals surface area contributed by atoms with E-state index in [-0.39, 0.29) is 11.4 Å². The van der Waals surface area contributed by atoms with Crippen LogP contribution in [0, 0.1) is 5.92 Å². The Labute approximate surface area is 128 Å². The number of nitrogens with zero attached hydrogens (tertiary/aromatic N) is 3. The minimum atomic E-state index is -0.111. The van der Waals surface area contributed by atoms with Gasteiger partial charge in [0.15, 0.2) is 5.69 Å². The molecule has 1 amide bonds. The smallest absolute Gasteiger partial charge is 0.276 e. The van der Waals surface area contributed by atoms with E-state index < -0.39 is 0 Å². The third kappa shape index (κ3) is 1.83. The molecule has 1 aromatic carbocycles. The van der Waals surface area contributed by atoms with Crippen LogP contribution in [0.25, 0.3) is 0 Å². The topological polar surface area (TPSA) is 46.1 Å². The molecule has 2 aliphatic rings. The van der Waals surface area contributed by atoms with Gasteiger partial charge in [-0.3, -0.25) is 4.79 Å². The number of carbonyl (C=O) groups is 1. The maximum absolute atomic E-state index is 12.8. The van der Waals surface area contributed by atoms with Crippen molar-refractivity contribution >= 4 is 17.4 Å². The molecule has 2 fully saturated rings. The molecule has 0 N–H and O–H groups in total. The fourth-order valence-electron chi connectivity index (χ4n) is 4.02. The van der Waals surface area contributed by atoms with Gasteiger partial charge in [-0.05, 0) is 29.9 Å². The summed E-state index contributed by atoms with van der Waals surface area (Å²) in [6.45, 7) is 0.852. The SMILES string of the molecule is O=C(c1csnn1)N1C[C@H]2CCCC[C@]21c1ccccc1. The second-order valence-electron chi connectivity index (χ2n) is 5.94. The highest BCUT2D eigenvalue weighted by Crippen LogP contribution is 2.54. The Morgan fingerprint density at radius 1 is 1.29 bits per heavy atom. The van der Waals surface area contributed by atoms with Crippen molar-refractivity contribution in [1.29, 1.82) is 0 Å². The fourth-order valence-corrected chi connectivity index (χ4v) is 4.45. The first kappa shape index (κ1) is 13.0. The summed E-state index contributed by atoms with van der Waals surface area (Å²) >= 11 is 1.24. The molecule has 0 unspecified atom stereocenters. The first-order valence-corrected chi connectivity index (χ1v) is 8.30. The lowest BCUT2D eigenvalue weighted by Gasteiger charge is -2.61. The van der Waals surface area contributed by atoms with Gasteiger partial charge < -0.3 is 4.90 Å². The Balaban J connectivity index is 1.74. The van der Waals surface area contributed by atoms with Crippen molar-refractivity contribution in [2.24, 2.45) is 5.92 Å². The monoisotopic (exact) mass is 299 g/mol. The van der Waals surface area contributed by atoms with E-state index in [0.717, 1.165) is 13.0 Å². The molecule has 1 saturated heterocycles. The normalized spacial score (nSPS) is 27.8. The third-order valence-electron chi connectivity index (χ3n) is 5.02. The Morgan fingerprint density at radius 3 is 2.86 bits per heavy atom. The predicted molar refractivity (Wildman–Crippen MR) is 81.0 cm³/mol. The van der Waals surface area contributed by atoms with Crippen LogP contribution in [0.1, 0.15) is 41.7 Å². The van der Waals surface area contributed by atoms with Crippen LogP contribution >= 0.6 is 11.5 Å². The second kappa shape index (κ2) is 4.91. The maximum Gasteiger partial charge on any atom is 0.276 e. The van der Waals surface area contributed by atoms with E-state index in [1.807, 2.05) is 11.0 Å². The highest BCUT2D eigenvalue weighted by atomic mass is 32.1. The molecule has 0 radical (unpaired) electrons. The van der Waals surface area contributed by atoms with Crippen molar-refractivity contribution in [3.05, 3.63) is 47.0 Å². The van der Waals surface area contributed by atoms with Crippen LogP contribution in [0.5, 0.6) is 0 Å². The summed E-state index contributed by atoms with van der Waals surface area (Å²) in [5.74, 6) is 0.620. The molecule has 0 spiro atoms. The van der Waals surface area contributed by atoms with Gasteiger partial charge in [-0.1, -0.05) is 47.7 Å². The van der Waals surface area contributed by atoms with Gasteiger partial charge in [0.05, 0.1) is 5.54 Å². The average Bonchev–Trinajstić information content (AvgIpc) is 3.04. The van der Waals surface area contributed by atoms with Crippen molar-refractivity contribution < 1.29 is 4.79 Å². The van der Waals surface area contributed by atoms with Gasteiger partial charge in [0.25, 0.3) is 5.91 Å². The lowest BCUT2D eigenvalue weighted by Crippen LogP contribution is -2.67. The number of aromatic nitrogens is 2. The quantitative estimate of drug-likeness (QED) is 0.856. The van der Waals surface area contributed by atoms with Crippen molar-refractivity contribution in [3.8, 4) is 0 Å². The molecule has 1 saturated carbocycles. The fraction of sp³-hybridized carbons (Fsp3) is 0.438. The predicted octanol–water partition coefficient (Wildman–Crippen LogP) is 3.08. The molecule has 2 aromatic rings. The van der Waals surface area contributed by atoms with Gasteiger partial charge >= 0.3 is 0 Å². The third-order valence-corrected chi connectivity index (χ3v) is 5.52. The van der Waals surface area contributed by atoms with Crippen LogP contribution < -0.4 is 0 Å². The van der Waals surface area contributed by atoms with Crippen LogP contribution in [0.3, 0.4) is 0 Å². The van der Waals surface area contributed by atoms with E-state index in [2.05, 4.69) is 33.9 Å². The molecular formula is C16H17N3OS. The van der Waals surface area contributed by atoms with E-state index in [0.29, 0.717) is 11.6 Å². The second-order valence-corrected chi connectivity index (χ2v) is 6.55. The zero-order valence-corrected chi connectivity index (χ0v) is 12.6. The molecule has 4 nitrogen and oxygen atoms in total. The number of amides is 1. The molecule has 21 heavy (non-hydrogen) atoms. The Hall–Kier alpha value is -1.75. The lowest BCUT2D eigenvalue weighted by atomic mass is 9.61. The number of benzene rings is 1. The van der Waals surface area contributed by atoms with Crippen LogP contribution in [-0.2, 0) is 5.54 Å². The number of carbonyl (C=O) groups excluding carboxylic acids is 1. The van der Waals surface area contributed by atoms with E-state index in [1.54, 1.807) is 5.38 Å². The van der Waals surface area contributed by atoms with Gasteiger partial charge in [0.1, 0.15) is 0 Å². The van der Waals surface area contributed by atoms with E-state index in [1.165, 1.54) is 36.4 Å². The van der Waals surface area contributed by atoms with E-state index in [4.69, 9.17) is 0 Å². The zero-order chi connectivity index (χ0) is 14.3. The standard InChI is InChI=1S/C16H17N3OS/c20-15(14-11-21-18-17-14)19-10-13-8-4-5-9-16(13,19)12-6-2-1-3-7-12/h1-3,6-7,11,13H,4-5,8-10H2/t13-,16+/m1/s1. The summed E-state index contributed by atoms with van der Waals surface area (Å²) in [4.78, 5) is 14.8. The molecule has 1 aliphatic heterocycles. The molecule has 1 aromatic heterocycles. The molecule has 0 bridgehead atoms. The van der Waals surface area contributed by atoms with Crippen molar-refractivity contribution in [2.45, 2.75) is 31.2 Å². The van der Waals surface area contributed by atoms with Crippen LogP contribution in [0.4, 0.5) is 0 Å². The summed E-state index contributed by atoms with van der Waals surface area (Å²) in [5.41, 5.74) is 1.65. The van der Waals surface area contributed by atoms with Gasteiger partial charge in [-0.2, -0.15) is 0 Å². The van der Waals surface area contributed by atoms with Crippen LogP contribution in [0.2, 0.25) is 0 Å². The summed E-state index contributed by atoms with van der Waals surface area (Å²) in [6, 6.07) is 10.5. The number of hydrogen-bond donors (Lipinski definition) is 0. The average molecular weight is 299 g/mol. The number of fused-ring (bicyclic) bond motifs is 1. The molecule has 2 atom stereocenters. The molecule has 2 heterocycles. The van der Waals surface area contributed by atoms with E-state index >= 15 is 0 Å². The van der Waals surface area contributed by atoms with Crippen LogP contribution in [0.15, 0.2) is 35.7 Å². The van der Waals surface area contributed by atoms with Crippen molar-refractivity contribution in [1.82, 2.24) is 14.5 Å². The molecule has 5 heteroatoms. The first-order chi connectivity index (χ1) is 10.3. The highest BCUT2D eigenvalue weighted by Gasteiger charge is 2.57. The summed E-state index contributed by atoms with van der Waals surface area (Å²) in [7, 11) is 0. The zero-order valence-electron chi connectivity index (χ0n) is 11.7. The Bertz CT molecular complexity index is 643. The van der Waals surface area contributed by atoms with Gasteiger partial charge in [-0.15, -0.1) is 5.10 Å². The summed E-state index contributed by atoms with van der Waals surface area (Å²) in [6.07, 6.45) is 4.74. The number of hydrogen-bond acceptors (Lipinski definition) is 4. The first-order valence-electron chi connectivity index (χ1n) is 7.47. The Morgan fingerprint density at radius 2 is 2.14 bits per heavy atom. The largest absolute Gasteiger partial charge is 0.327 e. The molecule has 1 aliphatic carbocycles. The Kier molecular flexibility index (Phi) is 3.03. The minimum Gasteiger partial charge on any atom is -0.327 e. The highest BCUT2D eigenvalue weighted by molar-refractivity contribution is 7.03. The summed E-state index contributed by atoms with van der Waals surface area (Å²) in [5, 5.41) is 5.71. The van der Waals surface area contributed by atoms with Gasteiger partial charge in [0, 0.05) is 17.8 Å². The lowest BCUT2D eigenvalue weighted by molar-refractivity contribution is -0.0871. The van der Waals surface area contributed by atoms with Crippen LogP contribution in [-0.4, -0.2) is 26.9 Å². The van der Waals surface area contributed by atoms with Gasteiger partial charge in [0.2, 0.25) is 0 Å².